The summed E-state index contributed by atoms with van der Waals surface area (Å²) in [7, 11) is 1.74. The minimum atomic E-state index is -0.185. The molecular formula is C42H57N5O4. The lowest BCUT2D eigenvalue weighted by molar-refractivity contribution is -0.124. The van der Waals surface area contributed by atoms with Gasteiger partial charge in [-0.3, -0.25) is 14.4 Å². The summed E-state index contributed by atoms with van der Waals surface area (Å²) < 4.78 is 13.5. The topological polar surface area (TPSA) is 89.8 Å². The van der Waals surface area contributed by atoms with Crippen molar-refractivity contribution in [1.29, 1.82) is 0 Å². The fourth-order valence-corrected chi connectivity index (χ4v) is 9.30. The van der Waals surface area contributed by atoms with Gasteiger partial charge in [0.15, 0.2) is 0 Å². The number of benzene rings is 1. The van der Waals surface area contributed by atoms with Gasteiger partial charge in [0.05, 0.1) is 18.8 Å². The number of carbonyl (C=O) groups is 2. The van der Waals surface area contributed by atoms with E-state index in [9.17, 15) is 9.59 Å². The van der Waals surface area contributed by atoms with Crippen LogP contribution < -0.4 is 9.64 Å². The zero-order valence-electron chi connectivity index (χ0n) is 31.6. The Balaban J connectivity index is 1.10. The number of carbonyl (C=O) groups excluding carboxylic acids is 2. The van der Waals surface area contributed by atoms with Gasteiger partial charge >= 0.3 is 6.09 Å². The Bertz CT molecular complexity index is 1710. The van der Waals surface area contributed by atoms with E-state index in [-0.39, 0.29) is 40.4 Å². The molecule has 2 amide bonds. The molecule has 0 N–H and O–H groups in total. The summed E-state index contributed by atoms with van der Waals surface area (Å²) in [6.45, 7) is 12.2. The van der Waals surface area contributed by atoms with Crippen molar-refractivity contribution >= 4 is 17.8 Å². The van der Waals surface area contributed by atoms with Crippen LogP contribution in [0.1, 0.15) is 116 Å². The van der Waals surface area contributed by atoms with Gasteiger partial charge in [-0.1, -0.05) is 19.1 Å². The van der Waals surface area contributed by atoms with Gasteiger partial charge in [0, 0.05) is 43.0 Å². The smallest absolute Gasteiger partial charge is 0.410 e. The Morgan fingerprint density at radius 2 is 1.69 bits per heavy atom. The number of anilines is 1. The van der Waals surface area contributed by atoms with Crippen molar-refractivity contribution in [1.82, 2.24) is 19.7 Å². The number of hydrogen-bond donors (Lipinski definition) is 0. The number of amides is 2. The van der Waals surface area contributed by atoms with Crippen LogP contribution in [0.3, 0.4) is 0 Å². The molecule has 5 fully saturated rings. The van der Waals surface area contributed by atoms with E-state index in [4.69, 9.17) is 14.5 Å². The molecule has 3 heterocycles. The molecule has 8 rings (SSSR count). The SMILES string of the molecule is CC[C@@H]1CCN1C(=O)O[C@H]1CC[C@H](C(=O)N(CC23CCC(c4ccc(OC)c(C)c4)(CC2)CC3)c2cc(-c3cnn(C(C)(C)C)c3)ccn2)CC1. The Morgan fingerprint density at radius 3 is 2.27 bits per heavy atom. The quantitative estimate of drug-likeness (QED) is 0.222. The molecular weight excluding hydrogens is 638 g/mol. The van der Waals surface area contributed by atoms with Crippen LogP contribution in [-0.2, 0) is 20.5 Å². The van der Waals surface area contributed by atoms with Crippen molar-refractivity contribution in [3.05, 3.63) is 60.0 Å². The molecule has 9 heteroatoms. The van der Waals surface area contributed by atoms with Crippen LogP contribution >= 0.6 is 0 Å². The average molecular weight is 696 g/mol. The normalized spacial score (nSPS) is 27.5. The Kier molecular flexibility index (Phi) is 9.70. The Morgan fingerprint density at radius 1 is 0.961 bits per heavy atom. The summed E-state index contributed by atoms with van der Waals surface area (Å²) >= 11 is 0. The zero-order valence-corrected chi connectivity index (χ0v) is 31.6. The maximum Gasteiger partial charge on any atom is 0.410 e. The van der Waals surface area contributed by atoms with Crippen molar-refractivity contribution < 1.29 is 19.1 Å². The van der Waals surface area contributed by atoms with Crippen molar-refractivity contribution in [2.45, 2.75) is 135 Å². The molecule has 5 aliphatic rings. The summed E-state index contributed by atoms with van der Waals surface area (Å²) in [6, 6.07) is 11.1. The largest absolute Gasteiger partial charge is 0.496 e. The van der Waals surface area contributed by atoms with Crippen LogP contribution in [0.15, 0.2) is 48.9 Å². The maximum atomic E-state index is 14.7. The number of likely N-dealkylation sites (tertiary alicyclic amines) is 1. The number of methoxy groups -OCH3 is 1. The van der Waals surface area contributed by atoms with Crippen LogP contribution in [0.4, 0.5) is 10.6 Å². The minimum Gasteiger partial charge on any atom is -0.496 e. The highest BCUT2D eigenvalue weighted by atomic mass is 16.6. The third-order valence-corrected chi connectivity index (χ3v) is 12.9. The highest BCUT2D eigenvalue weighted by Gasteiger charge is 2.51. The first kappa shape index (κ1) is 35.5. The van der Waals surface area contributed by atoms with Crippen molar-refractivity contribution in [2.75, 3.05) is 25.1 Å². The molecule has 3 aromatic rings. The molecule has 9 nitrogen and oxygen atoms in total. The monoisotopic (exact) mass is 695 g/mol. The lowest BCUT2D eigenvalue weighted by Crippen LogP contribution is -2.52. The predicted molar refractivity (Wildman–Crippen MR) is 200 cm³/mol. The molecule has 4 saturated carbocycles. The summed E-state index contributed by atoms with van der Waals surface area (Å²) in [5.74, 6) is 1.71. The minimum absolute atomic E-state index is 0.0630. The Hall–Kier alpha value is -3.88. The van der Waals surface area contributed by atoms with E-state index in [0.29, 0.717) is 12.6 Å². The van der Waals surface area contributed by atoms with Gasteiger partial charge < -0.3 is 14.4 Å². The first-order valence-electron chi connectivity index (χ1n) is 19.4. The van der Waals surface area contributed by atoms with Crippen LogP contribution in [-0.4, -0.2) is 64.0 Å². The number of ether oxygens (including phenoxy) is 2. The molecule has 0 unspecified atom stereocenters. The van der Waals surface area contributed by atoms with Gasteiger partial charge in [-0.15, -0.1) is 0 Å². The number of aromatic nitrogens is 3. The van der Waals surface area contributed by atoms with Crippen LogP contribution in [0, 0.1) is 18.3 Å². The van der Waals surface area contributed by atoms with Crippen molar-refractivity contribution in [3.63, 3.8) is 0 Å². The van der Waals surface area contributed by atoms with E-state index in [1.807, 2.05) is 32.9 Å². The molecule has 0 spiro atoms. The second kappa shape index (κ2) is 13.9. The van der Waals surface area contributed by atoms with Gasteiger partial charge in [0.2, 0.25) is 5.91 Å². The Labute approximate surface area is 304 Å². The van der Waals surface area contributed by atoms with E-state index in [1.165, 1.54) is 11.1 Å². The van der Waals surface area contributed by atoms with Crippen LogP contribution in [0.5, 0.6) is 5.75 Å². The van der Waals surface area contributed by atoms with E-state index in [2.05, 4.69) is 70.2 Å². The average Bonchev–Trinajstić information content (AvgIpc) is 3.63. The third kappa shape index (κ3) is 7.02. The number of hydrogen-bond acceptors (Lipinski definition) is 6. The molecule has 1 aromatic carbocycles. The van der Waals surface area contributed by atoms with E-state index in [1.54, 1.807) is 7.11 Å². The summed E-state index contributed by atoms with van der Waals surface area (Å²) in [4.78, 5) is 36.3. The molecule has 2 aromatic heterocycles. The lowest BCUT2D eigenvalue weighted by atomic mass is 9.51. The summed E-state index contributed by atoms with van der Waals surface area (Å²) in [5.41, 5.74) is 4.79. The van der Waals surface area contributed by atoms with Crippen molar-refractivity contribution in [2.24, 2.45) is 11.3 Å². The molecule has 1 atom stereocenters. The highest BCUT2D eigenvalue weighted by molar-refractivity contribution is 5.95. The number of pyridine rings is 1. The molecule has 1 aliphatic heterocycles. The summed E-state index contributed by atoms with van der Waals surface area (Å²) in [6.07, 6.45) is 17.1. The number of fused-ring (bicyclic) bond motifs is 3. The van der Waals surface area contributed by atoms with Gasteiger partial charge in [0.1, 0.15) is 17.7 Å². The predicted octanol–water partition coefficient (Wildman–Crippen LogP) is 8.82. The summed E-state index contributed by atoms with van der Waals surface area (Å²) in [5, 5.41) is 4.64. The van der Waals surface area contributed by atoms with Gasteiger partial charge in [0.25, 0.3) is 0 Å². The molecule has 2 bridgehead atoms. The third-order valence-electron chi connectivity index (χ3n) is 12.9. The molecule has 4 aliphatic carbocycles. The first-order chi connectivity index (χ1) is 24.4. The molecule has 1 saturated heterocycles. The lowest BCUT2D eigenvalue weighted by Gasteiger charge is -2.55. The van der Waals surface area contributed by atoms with Gasteiger partial charge in [-0.05, 0) is 150 Å². The van der Waals surface area contributed by atoms with Crippen molar-refractivity contribution in [3.8, 4) is 16.9 Å². The van der Waals surface area contributed by atoms with E-state index in [0.717, 1.165) is 106 Å². The first-order valence-corrected chi connectivity index (χ1v) is 19.4. The molecule has 274 valence electrons. The highest BCUT2D eigenvalue weighted by Crippen LogP contribution is 2.58. The number of aryl methyl sites for hydroxylation is 1. The second-order valence-corrected chi connectivity index (χ2v) is 17.0. The van der Waals surface area contributed by atoms with Crippen LogP contribution in [0.2, 0.25) is 0 Å². The maximum absolute atomic E-state index is 14.7. The van der Waals surface area contributed by atoms with Crippen LogP contribution in [0.25, 0.3) is 11.1 Å². The van der Waals surface area contributed by atoms with Gasteiger partial charge in [-0.2, -0.15) is 5.10 Å². The molecule has 51 heavy (non-hydrogen) atoms. The standard InChI is InChI=1S/C42H57N5O4/c1-7-34-15-23-45(34)39(49)51-35-11-8-30(9-12-35)38(48)46(37-25-31(14-22-43-37)32-26-44-47(27-32)40(3,4)5)28-41-16-19-42(20-17-41,21-18-41)33-10-13-36(50-6)29(2)24-33/h10,13-14,22,24-27,30,34-35H,7-9,11-12,15-21,23,28H2,1-6H3/t30-,34-,35-,41?,42?/m1/s1. The fraction of sp³-hybridized carbons (Fsp3) is 0.619. The zero-order chi connectivity index (χ0) is 36.0. The fourth-order valence-electron chi connectivity index (χ4n) is 9.30. The van der Waals surface area contributed by atoms with E-state index >= 15 is 0 Å². The molecule has 0 radical (unpaired) electrons. The second-order valence-electron chi connectivity index (χ2n) is 17.0. The number of nitrogens with zero attached hydrogens (tertiary/aromatic N) is 5. The number of rotatable bonds is 9. The van der Waals surface area contributed by atoms with Gasteiger partial charge in [-0.25, -0.2) is 9.78 Å². The van der Waals surface area contributed by atoms with E-state index < -0.39 is 0 Å².